The van der Waals surface area contributed by atoms with Crippen molar-refractivity contribution >= 4 is 6.08 Å². The van der Waals surface area contributed by atoms with Gasteiger partial charge in [0, 0.05) is 12.1 Å². The molecule has 0 aliphatic carbocycles. The van der Waals surface area contributed by atoms with E-state index in [-0.39, 0.29) is 0 Å². The van der Waals surface area contributed by atoms with Crippen LogP contribution in [0.1, 0.15) is 43.2 Å². The molecule has 0 aromatic heterocycles. The molecule has 0 amide bonds. The first-order valence-corrected chi connectivity index (χ1v) is 6.92. The second kappa shape index (κ2) is 4.52. The summed E-state index contributed by atoms with van der Waals surface area (Å²) in [5.74, 6) is 0. The van der Waals surface area contributed by atoms with Crippen LogP contribution in [0.3, 0.4) is 0 Å². The first-order chi connectivity index (χ1) is 8.71. The number of hydrogen-bond acceptors (Lipinski definition) is 2. The molecule has 3 rings (SSSR count). The highest BCUT2D eigenvalue weighted by Crippen LogP contribution is 2.40. The molecular weight excluding hydrogens is 222 g/mol. The second-order valence-electron chi connectivity index (χ2n) is 5.72. The summed E-state index contributed by atoms with van der Waals surface area (Å²) in [6, 6.07) is 9.06. The lowest BCUT2D eigenvalue weighted by Gasteiger charge is -2.46. The second-order valence-corrected chi connectivity index (χ2v) is 5.72. The molecule has 1 aromatic carbocycles. The average Bonchev–Trinajstić information content (AvgIpc) is 2.38. The maximum absolute atomic E-state index is 11.1. The van der Waals surface area contributed by atoms with Crippen LogP contribution >= 0.6 is 0 Å². The Labute approximate surface area is 109 Å². The van der Waals surface area contributed by atoms with Gasteiger partial charge in [0.25, 0.3) is 0 Å². The Morgan fingerprint density at radius 2 is 1.89 bits per heavy atom. The van der Waals surface area contributed by atoms with Crippen molar-refractivity contribution in [3.63, 3.8) is 0 Å². The average molecular weight is 243 g/mol. The van der Waals surface area contributed by atoms with E-state index in [9.17, 15) is 5.11 Å². The predicted octanol–water partition coefficient (Wildman–Crippen LogP) is 2.82. The van der Waals surface area contributed by atoms with E-state index in [2.05, 4.69) is 18.0 Å². The number of piperidine rings is 2. The van der Waals surface area contributed by atoms with Gasteiger partial charge in [0.1, 0.15) is 0 Å². The Morgan fingerprint density at radius 1 is 1.22 bits per heavy atom. The van der Waals surface area contributed by atoms with Crippen LogP contribution in [0.5, 0.6) is 0 Å². The third-order valence-electron chi connectivity index (χ3n) is 4.43. The molecule has 96 valence electrons. The summed E-state index contributed by atoms with van der Waals surface area (Å²) < 4.78 is 0. The van der Waals surface area contributed by atoms with E-state index < -0.39 is 5.60 Å². The molecule has 2 bridgehead atoms. The summed E-state index contributed by atoms with van der Waals surface area (Å²) in [6.45, 7) is 3.86. The molecule has 2 aliphatic rings. The number of nitrogens with one attached hydrogen (secondary N) is 1. The van der Waals surface area contributed by atoms with E-state index in [1.54, 1.807) is 0 Å². The minimum absolute atomic E-state index is 0.473. The van der Waals surface area contributed by atoms with Gasteiger partial charge in [0.05, 0.1) is 5.60 Å². The number of aliphatic hydroxyl groups is 1. The zero-order chi connectivity index (χ0) is 12.6. The fraction of sp³-hybridized carbons (Fsp3) is 0.500. The highest BCUT2D eigenvalue weighted by Gasteiger charge is 2.42. The molecule has 0 saturated carbocycles. The Morgan fingerprint density at radius 3 is 2.56 bits per heavy atom. The molecule has 18 heavy (non-hydrogen) atoms. The molecule has 2 heterocycles. The van der Waals surface area contributed by atoms with Crippen molar-refractivity contribution in [2.24, 2.45) is 0 Å². The maximum Gasteiger partial charge on any atom is 0.0931 e. The third-order valence-corrected chi connectivity index (χ3v) is 4.43. The lowest BCUT2D eigenvalue weighted by atomic mass is 9.73. The van der Waals surface area contributed by atoms with Crippen molar-refractivity contribution in [1.82, 2.24) is 5.32 Å². The van der Waals surface area contributed by atoms with Crippen LogP contribution in [-0.4, -0.2) is 17.2 Å². The van der Waals surface area contributed by atoms with Gasteiger partial charge in [-0.05, 0) is 36.8 Å². The van der Waals surface area contributed by atoms with Gasteiger partial charge in [-0.1, -0.05) is 43.3 Å². The summed E-state index contributed by atoms with van der Waals surface area (Å²) in [6.07, 6.45) is 7.18. The van der Waals surface area contributed by atoms with E-state index in [1.807, 2.05) is 24.3 Å². The van der Waals surface area contributed by atoms with Gasteiger partial charge in [-0.2, -0.15) is 0 Å². The van der Waals surface area contributed by atoms with Crippen molar-refractivity contribution in [2.45, 2.75) is 49.8 Å². The third kappa shape index (κ3) is 2.00. The lowest BCUT2D eigenvalue weighted by molar-refractivity contribution is -0.0360. The molecule has 2 unspecified atom stereocenters. The van der Waals surface area contributed by atoms with Gasteiger partial charge >= 0.3 is 0 Å². The van der Waals surface area contributed by atoms with E-state index in [1.165, 1.54) is 19.3 Å². The number of rotatable bonds is 2. The van der Waals surface area contributed by atoms with Gasteiger partial charge in [-0.25, -0.2) is 0 Å². The van der Waals surface area contributed by atoms with Crippen molar-refractivity contribution in [2.75, 3.05) is 0 Å². The summed E-state index contributed by atoms with van der Waals surface area (Å²) >= 11 is 0. The quantitative estimate of drug-likeness (QED) is 0.837. The summed E-state index contributed by atoms with van der Waals surface area (Å²) in [7, 11) is 0. The van der Waals surface area contributed by atoms with Crippen molar-refractivity contribution in [3.05, 3.63) is 42.0 Å². The van der Waals surface area contributed by atoms with Gasteiger partial charge < -0.3 is 10.4 Å². The molecular formula is C16H21NO. The minimum atomic E-state index is -0.675. The molecule has 2 fully saturated rings. The fourth-order valence-corrected chi connectivity index (χ4v) is 3.65. The summed E-state index contributed by atoms with van der Waals surface area (Å²) in [5.41, 5.74) is 1.45. The molecule has 2 atom stereocenters. The molecule has 2 saturated heterocycles. The van der Waals surface area contributed by atoms with Crippen LogP contribution in [0.4, 0.5) is 0 Å². The van der Waals surface area contributed by atoms with E-state index in [4.69, 9.17) is 0 Å². The molecule has 2 heteroatoms. The van der Waals surface area contributed by atoms with Crippen LogP contribution < -0.4 is 5.32 Å². The van der Waals surface area contributed by atoms with Crippen LogP contribution in [0.2, 0.25) is 0 Å². The SMILES string of the molecule is C=Cc1ccccc1C1(O)CC2CCCC(C1)N2. The zero-order valence-electron chi connectivity index (χ0n) is 10.7. The van der Waals surface area contributed by atoms with Crippen LogP contribution in [0, 0.1) is 0 Å². The monoisotopic (exact) mass is 243 g/mol. The number of benzene rings is 1. The lowest BCUT2D eigenvalue weighted by Crippen LogP contribution is -2.54. The smallest absolute Gasteiger partial charge is 0.0931 e. The zero-order valence-corrected chi connectivity index (χ0v) is 10.7. The molecule has 0 spiro atoms. The van der Waals surface area contributed by atoms with Crippen molar-refractivity contribution in [1.29, 1.82) is 0 Å². The van der Waals surface area contributed by atoms with E-state index in [0.717, 1.165) is 24.0 Å². The highest BCUT2D eigenvalue weighted by atomic mass is 16.3. The van der Waals surface area contributed by atoms with E-state index >= 15 is 0 Å². The van der Waals surface area contributed by atoms with Gasteiger partial charge in [0.2, 0.25) is 0 Å². The van der Waals surface area contributed by atoms with Crippen molar-refractivity contribution in [3.8, 4) is 0 Å². The van der Waals surface area contributed by atoms with Crippen molar-refractivity contribution < 1.29 is 5.11 Å². The van der Waals surface area contributed by atoms with Crippen LogP contribution in [0.15, 0.2) is 30.8 Å². The number of fused-ring (bicyclic) bond motifs is 2. The van der Waals surface area contributed by atoms with Gasteiger partial charge in [-0.15, -0.1) is 0 Å². The summed E-state index contributed by atoms with van der Waals surface area (Å²) in [5, 5.41) is 14.7. The fourth-order valence-electron chi connectivity index (χ4n) is 3.65. The predicted molar refractivity (Wildman–Crippen MR) is 74.2 cm³/mol. The molecule has 2 nitrogen and oxygen atoms in total. The minimum Gasteiger partial charge on any atom is -0.385 e. The van der Waals surface area contributed by atoms with Gasteiger partial charge in [0.15, 0.2) is 0 Å². The normalized spacial score (nSPS) is 35.2. The Kier molecular flexibility index (Phi) is 3.00. The topological polar surface area (TPSA) is 32.3 Å². The Balaban J connectivity index is 1.96. The molecule has 2 N–H and O–H groups in total. The van der Waals surface area contributed by atoms with Gasteiger partial charge in [-0.3, -0.25) is 0 Å². The Bertz CT molecular complexity index is 442. The largest absolute Gasteiger partial charge is 0.385 e. The van der Waals surface area contributed by atoms with E-state index in [0.29, 0.717) is 12.1 Å². The first-order valence-electron chi connectivity index (χ1n) is 6.92. The number of hydrogen-bond donors (Lipinski definition) is 2. The molecule has 2 aliphatic heterocycles. The summed E-state index contributed by atoms with van der Waals surface area (Å²) in [4.78, 5) is 0. The standard InChI is InChI=1S/C16H21NO/c1-2-12-6-3-4-9-15(12)16(18)10-13-7-5-8-14(11-16)17-13/h2-4,6,9,13-14,17-18H,1,5,7-8,10-11H2. The Hall–Kier alpha value is -1.12. The molecule has 1 aromatic rings. The molecule has 0 radical (unpaired) electrons. The maximum atomic E-state index is 11.1. The van der Waals surface area contributed by atoms with Crippen LogP contribution in [0.25, 0.3) is 6.08 Å². The highest BCUT2D eigenvalue weighted by molar-refractivity contribution is 5.53. The first kappa shape index (κ1) is 11.9. The van der Waals surface area contributed by atoms with Crippen LogP contribution in [-0.2, 0) is 5.60 Å².